The molecule has 0 radical (unpaired) electrons. The Morgan fingerprint density at radius 2 is 1.80 bits per heavy atom. The standard InChI is InChI=1S/C16H14ClN3/c17-15-4-2-1-3-14(15)16-9-19-11-20(16)10-12-5-7-13(18)8-6-12/h1-9,11H,10,18H2. The van der Waals surface area contributed by atoms with Crippen LogP contribution in [0.3, 0.4) is 0 Å². The Bertz CT molecular complexity index is 717. The molecule has 3 aromatic rings. The number of halogens is 1. The van der Waals surface area contributed by atoms with Gasteiger partial charge in [-0.1, -0.05) is 41.9 Å². The van der Waals surface area contributed by atoms with Gasteiger partial charge in [-0.15, -0.1) is 0 Å². The maximum Gasteiger partial charge on any atom is 0.0954 e. The van der Waals surface area contributed by atoms with E-state index < -0.39 is 0 Å². The van der Waals surface area contributed by atoms with Gasteiger partial charge in [-0.3, -0.25) is 0 Å². The molecule has 4 heteroatoms. The highest BCUT2D eigenvalue weighted by molar-refractivity contribution is 6.33. The van der Waals surface area contributed by atoms with Gasteiger partial charge in [0, 0.05) is 22.8 Å². The molecular formula is C16H14ClN3. The van der Waals surface area contributed by atoms with Crippen LogP contribution in [0.4, 0.5) is 5.69 Å². The van der Waals surface area contributed by atoms with Crippen LogP contribution in [-0.4, -0.2) is 9.55 Å². The van der Waals surface area contributed by atoms with Crippen LogP contribution in [-0.2, 0) is 6.54 Å². The molecule has 20 heavy (non-hydrogen) atoms. The zero-order valence-electron chi connectivity index (χ0n) is 10.8. The molecule has 3 rings (SSSR count). The number of imidazole rings is 1. The quantitative estimate of drug-likeness (QED) is 0.742. The molecule has 0 atom stereocenters. The van der Waals surface area contributed by atoms with E-state index in [-0.39, 0.29) is 0 Å². The Morgan fingerprint density at radius 3 is 2.55 bits per heavy atom. The lowest BCUT2D eigenvalue weighted by Crippen LogP contribution is -2.00. The van der Waals surface area contributed by atoms with Crippen molar-refractivity contribution in [3.8, 4) is 11.3 Å². The van der Waals surface area contributed by atoms with Gasteiger partial charge in [0.2, 0.25) is 0 Å². The van der Waals surface area contributed by atoms with E-state index in [0.29, 0.717) is 0 Å². The minimum atomic E-state index is 0.728. The van der Waals surface area contributed by atoms with Crippen molar-refractivity contribution in [1.82, 2.24) is 9.55 Å². The average Bonchev–Trinajstić information content (AvgIpc) is 2.90. The van der Waals surface area contributed by atoms with E-state index in [9.17, 15) is 0 Å². The summed E-state index contributed by atoms with van der Waals surface area (Å²) >= 11 is 6.25. The van der Waals surface area contributed by atoms with Gasteiger partial charge in [0.05, 0.1) is 18.2 Å². The molecule has 1 heterocycles. The van der Waals surface area contributed by atoms with E-state index in [4.69, 9.17) is 17.3 Å². The van der Waals surface area contributed by atoms with Gasteiger partial charge in [0.1, 0.15) is 0 Å². The first-order valence-corrected chi connectivity index (χ1v) is 6.71. The Labute approximate surface area is 122 Å². The second-order valence-corrected chi connectivity index (χ2v) is 5.04. The number of aromatic nitrogens is 2. The van der Waals surface area contributed by atoms with Crippen molar-refractivity contribution >= 4 is 17.3 Å². The number of rotatable bonds is 3. The molecule has 1 aromatic heterocycles. The SMILES string of the molecule is Nc1ccc(Cn2cncc2-c2ccccc2Cl)cc1. The number of hydrogen-bond donors (Lipinski definition) is 1. The summed E-state index contributed by atoms with van der Waals surface area (Å²) in [6, 6.07) is 15.6. The van der Waals surface area contributed by atoms with Crippen molar-refractivity contribution in [2.75, 3.05) is 5.73 Å². The molecule has 100 valence electrons. The van der Waals surface area contributed by atoms with Crippen molar-refractivity contribution in [1.29, 1.82) is 0 Å². The smallest absolute Gasteiger partial charge is 0.0954 e. The molecule has 0 aliphatic carbocycles. The first-order valence-electron chi connectivity index (χ1n) is 6.33. The first kappa shape index (κ1) is 12.8. The summed E-state index contributed by atoms with van der Waals surface area (Å²) in [6.07, 6.45) is 3.65. The molecule has 0 aliphatic rings. The Balaban J connectivity index is 1.95. The second-order valence-electron chi connectivity index (χ2n) is 4.63. The van der Waals surface area contributed by atoms with Crippen LogP contribution in [0.1, 0.15) is 5.56 Å². The number of nitrogen functional groups attached to an aromatic ring is 1. The normalized spacial score (nSPS) is 10.7. The summed E-state index contributed by atoms with van der Waals surface area (Å²) in [4.78, 5) is 4.23. The molecule has 2 aromatic carbocycles. The van der Waals surface area contributed by atoms with E-state index in [1.807, 2.05) is 61.1 Å². The predicted molar refractivity (Wildman–Crippen MR) is 82.6 cm³/mol. The number of hydrogen-bond acceptors (Lipinski definition) is 2. The average molecular weight is 284 g/mol. The fourth-order valence-electron chi connectivity index (χ4n) is 2.16. The van der Waals surface area contributed by atoms with Crippen molar-refractivity contribution in [3.05, 3.63) is 71.6 Å². The number of benzene rings is 2. The summed E-state index contributed by atoms with van der Waals surface area (Å²) in [6.45, 7) is 0.737. The Kier molecular flexibility index (Phi) is 3.44. The summed E-state index contributed by atoms with van der Waals surface area (Å²) in [7, 11) is 0. The number of nitrogens with zero attached hydrogens (tertiary/aromatic N) is 2. The van der Waals surface area contributed by atoms with E-state index in [2.05, 4.69) is 9.55 Å². The summed E-state index contributed by atoms with van der Waals surface area (Å²) in [5, 5.41) is 0.728. The third kappa shape index (κ3) is 2.53. The van der Waals surface area contributed by atoms with Crippen LogP contribution in [0.15, 0.2) is 61.1 Å². The Morgan fingerprint density at radius 1 is 1.05 bits per heavy atom. The highest BCUT2D eigenvalue weighted by Gasteiger charge is 2.08. The van der Waals surface area contributed by atoms with Crippen molar-refractivity contribution in [2.24, 2.45) is 0 Å². The molecule has 2 N–H and O–H groups in total. The van der Waals surface area contributed by atoms with Gasteiger partial charge < -0.3 is 10.3 Å². The highest BCUT2D eigenvalue weighted by Crippen LogP contribution is 2.27. The molecule has 0 fully saturated rings. The molecule has 3 nitrogen and oxygen atoms in total. The third-order valence-electron chi connectivity index (χ3n) is 3.19. The van der Waals surface area contributed by atoms with Gasteiger partial charge in [0.25, 0.3) is 0 Å². The summed E-state index contributed by atoms with van der Waals surface area (Å²) < 4.78 is 2.08. The minimum Gasteiger partial charge on any atom is -0.399 e. The highest BCUT2D eigenvalue weighted by atomic mass is 35.5. The van der Waals surface area contributed by atoms with Gasteiger partial charge in [-0.2, -0.15) is 0 Å². The molecule has 0 saturated heterocycles. The van der Waals surface area contributed by atoms with Gasteiger partial charge in [-0.05, 0) is 23.8 Å². The van der Waals surface area contributed by atoms with Crippen molar-refractivity contribution in [3.63, 3.8) is 0 Å². The largest absolute Gasteiger partial charge is 0.399 e. The van der Waals surface area contributed by atoms with Crippen LogP contribution < -0.4 is 5.73 Å². The predicted octanol–water partition coefficient (Wildman–Crippen LogP) is 3.83. The van der Waals surface area contributed by atoms with Gasteiger partial charge in [-0.25, -0.2) is 4.98 Å². The Hall–Kier alpha value is -2.26. The van der Waals surface area contributed by atoms with Crippen molar-refractivity contribution < 1.29 is 0 Å². The van der Waals surface area contributed by atoms with E-state index in [1.165, 1.54) is 5.56 Å². The van der Waals surface area contributed by atoms with Crippen LogP contribution in [0.2, 0.25) is 5.02 Å². The molecular weight excluding hydrogens is 270 g/mol. The van der Waals surface area contributed by atoms with Gasteiger partial charge in [0.15, 0.2) is 0 Å². The van der Waals surface area contributed by atoms with E-state index in [0.717, 1.165) is 28.5 Å². The molecule has 0 amide bonds. The van der Waals surface area contributed by atoms with Crippen LogP contribution in [0, 0.1) is 0 Å². The molecule has 0 unspecified atom stereocenters. The van der Waals surface area contributed by atoms with E-state index in [1.54, 1.807) is 0 Å². The monoisotopic (exact) mass is 283 g/mol. The third-order valence-corrected chi connectivity index (χ3v) is 3.52. The minimum absolute atomic E-state index is 0.728. The zero-order valence-corrected chi connectivity index (χ0v) is 11.6. The maximum absolute atomic E-state index is 6.25. The lowest BCUT2D eigenvalue weighted by Gasteiger charge is -2.10. The topological polar surface area (TPSA) is 43.8 Å². The first-order chi connectivity index (χ1) is 9.74. The number of anilines is 1. The number of nitrogens with two attached hydrogens (primary N) is 1. The van der Waals surface area contributed by atoms with Crippen LogP contribution in [0.5, 0.6) is 0 Å². The fraction of sp³-hybridized carbons (Fsp3) is 0.0625. The second kappa shape index (κ2) is 5.39. The molecule has 0 bridgehead atoms. The lowest BCUT2D eigenvalue weighted by atomic mass is 10.1. The molecule has 0 spiro atoms. The maximum atomic E-state index is 6.25. The van der Waals surface area contributed by atoms with Crippen molar-refractivity contribution in [2.45, 2.75) is 6.54 Å². The summed E-state index contributed by atoms with van der Waals surface area (Å²) in [5.74, 6) is 0. The van der Waals surface area contributed by atoms with Crippen LogP contribution in [0.25, 0.3) is 11.3 Å². The van der Waals surface area contributed by atoms with Gasteiger partial charge >= 0.3 is 0 Å². The molecule has 0 aliphatic heterocycles. The fourth-order valence-corrected chi connectivity index (χ4v) is 2.39. The van der Waals surface area contributed by atoms with Crippen LogP contribution >= 0.6 is 11.6 Å². The van der Waals surface area contributed by atoms with E-state index >= 15 is 0 Å². The zero-order chi connectivity index (χ0) is 13.9. The lowest BCUT2D eigenvalue weighted by molar-refractivity contribution is 0.805. The molecule has 0 saturated carbocycles. The summed E-state index contributed by atoms with van der Waals surface area (Å²) in [5.41, 5.74) is 9.64.